The Bertz CT molecular complexity index is 565. The standard InChI is InChI=1S/C6HF13O3S.H3N/c7-1(8,3(11,12)5(15,16)17)2(9,10)4(13,14)6(18,19)23(20,21)22;/h(H,20,21,22);1H3. The lowest BCUT2D eigenvalue weighted by molar-refractivity contribution is -0.433. The molecular weight excluding hydrogens is 413 g/mol. The Labute approximate surface area is 122 Å². The van der Waals surface area contributed by atoms with E-state index < -0.39 is 45.2 Å². The van der Waals surface area contributed by atoms with Crippen LogP contribution in [0.2, 0.25) is 0 Å². The van der Waals surface area contributed by atoms with Gasteiger partial charge in [0.2, 0.25) is 0 Å². The average Bonchev–Trinajstić information content (AvgIpc) is 2.24. The van der Waals surface area contributed by atoms with Crippen LogP contribution in [0.5, 0.6) is 0 Å². The molecule has 0 aliphatic rings. The van der Waals surface area contributed by atoms with Crippen molar-refractivity contribution >= 4 is 10.1 Å². The minimum absolute atomic E-state index is 0. The summed E-state index contributed by atoms with van der Waals surface area (Å²) in [6.07, 6.45) is -7.61. The van der Waals surface area contributed by atoms with Crippen molar-refractivity contribution in [2.24, 2.45) is 0 Å². The fourth-order valence-corrected chi connectivity index (χ4v) is 1.35. The van der Waals surface area contributed by atoms with Crippen LogP contribution in [-0.4, -0.2) is 48.1 Å². The van der Waals surface area contributed by atoms with E-state index in [1.165, 1.54) is 0 Å². The predicted molar refractivity (Wildman–Crippen MR) is 46.5 cm³/mol. The van der Waals surface area contributed by atoms with Crippen molar-refractivity contribution in [3.8, 4) is 0 Å². The van der Waals surface area contributed by atoms with Gasteiger partial charge >= 0.3 is 35.1 Å². The van der Waals surface area contributed by atoms with Gasteiger partial charge in [-0.3, -0.25) is 0 Å². The van der Waals surface area contributed by atoms with Gasteiger partial charge < -0.3 is 10.7 Å². The molecule has 0 aromatic rings. The molecule has 0 saturated heterocycles. The highest BCUT2D eigenvalue weighted by Crippen LogP contribution is 2.60. The van der Waals surface area contributed by atoms with Gasteiger partial charge in [-0.05, 0) is 0 Å². The molecule has 0 amide bonds. The lowest BCUT2D eigenvalue weighted by Gasteiger charge is -2.39. The van der Waals surface area contributed by atoms with E-state index in [4.69, 9.17) is 0 Å². The van der Waals surface area contributed by atoms with E-state index >= 15 is 0 Å². The largest absolute Gasteiger partial charge is 0.743 e. The van der Waals surface area contributed by atoms with Crippen LogP contribution in [0.4, 0.5) is 57.1 Å². The monoisotopic (exact) mass is 417 g/mol. The molecule has 0 atom stereocenters. The van der Waals surface area contributed by atoms with Crippen LogP contribution in [0.1, 0.15) is 0 Å². The van der Waals surface area contributed by atoms with Crippen LogP contribution in [-0.2, 0) is 10.1 Å². The maximum Gasteiger partial charge on any atom is 0.460 e. The molecular formula is C6H4F13NO3S. The van der Waals surface area contributed by atoms with Crippen molar-refractivity contribution in [1.82, 2.24) is 6.15 Å². The summed E-state index contributed by atoms with van der Waals surface area (Å²) in [6.45, 7) is 0. The smallest absolute Gasteiger partial charge is 0.460 e. The summed E-state index contributed by atoms with van der Waals surface area (Å²) in [5, 5.41) is -7.63. The highest BCUT2D eigenvalue weighted by molar-refractivity contribution is 7.86. The first-order chi connectivity index (χ1) is 9.50. The molecule has 0 unspecified atom stereocenters. The maximum absolute atomic E-state index is 12.7. The Kier molecular flexibility index (Phi) is 6.04. The van der Waals surface area contributed by atoms with E-state index in [1.807, 2.05) is 0 Å². The molecule has 0 radical (unpaired) electrons. The van der Waals surface area contributed by atoms with Gasteiger partial charge in [0.1, 0.15) is 0 Å². The lowest BCUT2D eigenvalue weighted by Crippen LogP contribution is -2.71. The second-order valence-corrected chi connectivity index (χ2v) is 5.19. The summed E-state index contributed by atoms with van der Waals surface area (Å²) in [4.78, 5) is 0. The summed E-state index contributed by atoms with van der Waals surface area (Å²) < 4.78 is 189. The Morgan fingerprint density at radius 1 is 0.542 bits per heavy atom. The maximum atomic E-state index is 12.7. The van der Waals surface area contributed by atoms with Crippen LogP contribution in [0.3, 0.4) is 0 Å². The third-order valence-electron chi connectivity index (χ3n) is 2.22. The number of hydrogen-bond donors (Lipinski definition) is 1. The number of quaternary nitrogens is 1. The van der Waals surface area contributed by atoms with Crippen LogP contribution in [0.15, 0.2) is 0 Å². The Balaban J connectivity index is 0. The number of halogens is 13. The van der Waals surface area contributed by atoms with Crippen molar-refractivity contribution in [1.29, 1.82) is 0 Å². The van der Waals surface area contributed by atoms with Gasteiger partial charge in [0.25, 0.3) is 0 Å². The van der Waals surface area contributed by atoms with Gasteiger partial charge in [0.15, 0.2) is 10.1 Å². The van der Waals surface area contributed by atoms with E-state index in [0.29, 0.717) is 0 Å². The fraction of sp³-hybridized carbons (Fsp3) is 1.00. The zero-order valence-electron chi connectivity index (χ0n) is 10.5. The molecule has 0 bridgehead atoms. The Hall–Kier alpha value is -1.04. The second kappa shape index (κ2) is 5.75. The summed E-state index contributed by atoms with van der Waals surface area (Å²) in [5.74, 6) is -32.6. The van der Waals surface area contributed by atoms with Gasteiger partial charge in [-0.1, -0.05) is 0 Å². The molecule has 18 heteroatoms. The molecule has 0 heterocycles. The topological polar surface area (TPSA) is 93.7 Å². The third kappa shape index (κ3) is 2.98. The fourth-order valence-electron chi connectivity index (χ4n) is 0.912. The van der Waals surface area contributed by atoms with Crippen molar-refractivity contribution in [3.05, 3.63) is 0 Å². The van der Waals surface area contributed by atoms with Crippen LogP contribution in [0, 0.1) is 0 Å². The molecule has 0 aromatic heterocycles. The molecule has 4 N–H and O–H groups in total. The Morgan fingerprint density at radius 2 is 0.792 bits per heavy atom. The van der Waals surface area contributed by atoms with Gasteiger partial charge in [-0.15, -0.1) is 0 Å². The Morgan fingerprint density at radius 3 is 1.00 bits per heavy atom. The molecule has 0 aliphatic heterocycles. The zero-order valence-corrected chi connectivity index (χ0v) is 11.4. The van der Waals surface area contributed by atoms with Crippen molar-refractivity contribution < 1.29 is 70.0 Å². The van der Waals surface area contributed by atoms with Gasteiger partial charge in [-0.2, -0.15) is 57.1 Å². The molecule has 0 aliphatic carbocycles. The quantitative estimate of drug-likeness (QED) is 0.547. The molecule has 148 valence electrons. The molecule has 0 fully saturated rings. The van der Waals surface area contributed by atoms with Crippen LogP contribution >= 0.6 is 0 Å². The highest BCUT2D eigenvalue weighted by atomic mass is 32.2. The van der Waals surface area contributed by atoms with Crippen LogP contribution in [0.25, 0.3) is 0 Å². The molecule has 24 heavy (non-hydrogen) atoms. The van der Waals surface area contributed by atoms with Crippen molar-refractivity contribution in [3.63, 3.8) is 0 Å². The predicted octanol–water partition coefficient (Wildman–Crippen LogP) is 3.60. The van der Waals surface area contributed by atoms with Gasteiger partial charge in [0.05, 0.1) is 0 Å². The minimum Gasteiger partial charge on any atom is -0.743 e. The van der Waals surface area contributed by atoms with E-state index in [0.717, 1.165) is 0 Å². The lowest BCUT2D eigenvalue weighted by atomic mass is 9.98. The van der Waals surface area contributed by atoms with Crippen molar-refractivity contribution in [2.75, 3.05) is 0 Å². The highest BCUT2D eigenvalue weighted by Gasteiger charge is 2.91. The second-order valence-electron chi connectivity index (χ2n) is 3.77. The number of alkyl halides is 13. The third-order valence-corrected chi connectivity index (χ3v) is 3.10. The SMILES string of the molecule is O=S(=O)([O-])C(F)(F)C(F)(F)C(F)(F)C(F)(F)C(F)(F)C(F)(F)F.[NH4+]. The van der Waals surface area contributed by atoms with Crippen molar-refractivity contribution in [2.45, 2.75) is 35.1 Å². The van der Waals surface area contributed by atoms with Gasteiger partial charge in [-0.25, -0.2) is 8.42 Å². The summed E-state index contributed by atoms with van der Waals surface area (Å²) in [7, 11) is -7.86. The van der Waals surface area contributed by atoms with E-state index in [9.17, 15) is 70.0 Å². The van der Waals surface area contributed by atoms with E-state index in [2.05, 4.69) is 0 Å². The van der Waals surface area contributed by atoms with E-state index in [-0.39, 0.29) is 6.15 Å². The molecule has 0 rings (SSSR count). The normalized spacial score (nSPS) is 15.9. The zero-order chi connectivity index (χ0) is 19.5. The molecule has 0 spiro atoms. The number of rotatable bonds is 5. The molecule has 0 saturated carbocycles. The first kappa shape index (κ1) is 25.2. The first-order valence-electron chi connectivity index (χ1n) is 4.41. The van der Waals surface area contributed by atoms with Gasteiger partial charge in [0, 0.05) is 0 Å². The summed E-state index contributed by atoms with van der Waals surface area (Å²) >= 11 is 0. The minimum atomic E-state index is -8.29. The molecule has 0 aromatic carbocycles. The number of hydrogen-bond acceptors (Lipinski definition) is 3. The van der Waals surface area contributed by atoms with E-state index in [1.54, 1.807) is 0 Å². The summed E-state index contributed by atoms with van der Waals surface area (Å²) in [5.41, 5.74) is 0. The summed E-state index contributed by atoms with van der Waals surface area (Å²) in [6, 6.07) is 0. The average molecular weight is 417 g/mol. The van der Waals surface area contributed by atoms with Crippen LogP contribution < -0.4 is 6.15 Å². The first-order valence-corrected chi connectivity index (χ1v) is 5.82. The molecule has 4 nitrogen and oxygen atoms in total.